The van der Waals surface area contributed by atoms with Gasteiger partial charge in [-0.3, -0.25) is 4.79 Å². The van der Waals surface area contributed by atoms with Crippen LogP contribution in [0.25, 0.3) is 0 Å². The van der Waals surface area contributed by atoms with Crippen LogP contribution in [0.5, 0.6) is 0 Å². The maximum absolute atomic E-state index is 12.0. The van der Waals surface area contributed by atoms with Crippen LogP contribution in [-0.4, -0.2) is 60.7 Å². The molecular weight excluding hydrogens is 292 g/mol. The number of hydrogen-bond acceptors (Lipinski definition) is 5. The van der Waals surface area contributed by atoms with Gasteiger partial charge in [0.05, 0.1) is 6.61 Å². The maximum atomic E-state index is 12.0. The minimum Gasteiger partial charge on any atom is -0.383 e. The molecule has 3 rings (SSSR count). The van der Waals surface area contributed by atoms with Gasteiger partial charge in [-0.1, -0.05) is 0 Å². The molecule has 6 nitrogen and oxygen atoms in total. The molecule has 2 aliphatic rings. The predicted octanol–water partition coefficient (Wildman–Crippen LogP) is 1.50. The highest BCUT2D eigenvalue weighted by molar-refractivity contribution is 5.78. The van der Waals surface area contributed by atoms with Gasteiger partial charge in [-0.05, 0) is 31.6 Å². The van der Waals surface area contributed by atoms with Crippen LogP contribution < -0.4 is 4.90 Å². The molecule has 1 amide bonds. The molecule has 23 heavy (non-hydrogen) atoms. The van der Waals surface area contributed by atoms with Gasteiger partial charge >= 0.3 is 0 Å². The predicted molar refractivity (Wildman–Crippen MR) is 88.4 cm³/mol. The van der Waals surface area contributed by atoms with Crippen molar-refractivity contribution in [3.05, 3.63) is 18.1 Å². The molecule has 0 aromatic carbocycles. The van der Waals surface area contributed by atoms with Crippen molar-refractivity contribution in [1.29, 1.82) is 0 Å². The van der Waals surface area contributed by atoms with E-state index in [1.54, 1.807) is 13.4 Å². The summed E-state index contributed by atoms with van der Waals surface area (Å²) in [5.41, 5.74) is 1.05. The summed E-state index contributed by atoms with van der Waals surface area (Å²) in [7, 11) is 1.67. The van der Waals surface area contributed by atoms with Crippen LogP contribution in [0.1, 0.15) is 31.4 Å². The van der Waals surface area contributed by atoms with Crippen LogP contribution in [-0.2, 0) is 16.0 Å². The third-order valence-electron chi connectivity index (χ3n) is 4.75. The van der Waals surface area contributed by atoms with E-state index < -0.39 is 0 Å². The fourth-order valence-electron chi connectivity index (χ4n) is 3.50. The number of ether oxygens (including phenoxy) is 1. The molecule has 2 saturated heterocycles. The Labute approximate surface area is 137 Å². The van der Waals surface area contributed by atoms with Crippen molar-refractivity contribution in [2.45, 2.75) is 32.1 Å². The average molecular weight is 318 g/mol. The molecule has 0 radical (unpaired) electrons. The van der Waals surface area contributed by atoms with E-state index in [9.17, 15) is 4.79 Å². The van der Waals surface area contributed by atoms with E-state index in [2.05, 4.69) is 20.9 Å². The lowest BCUT2D eigenvalue weighted by atomic mass is 10.0. The third kappa shape index (κ3) is 4.19. The van der Waals surface area contributed by atoms with E-state index >= 15 is 0 Å². The minimum absolute atomic E-state index is 0.234. The second-order valence-corrected chi connectivity index (χ2v) is 6.52. The first kappa shape index (κ1) is 16.2. The number of carbonyl (C=O) groups excluding carboxylic acids is 1. The molecule has 2 aliphatic heterocycles. The Hall–Kier alpha value is -1.69. The highest BCUT2D eigenvalue weighted by atomic mass is 16.5. The van der Waals surface area contributed by atoms with Gasteiger partial charge < -0.3 is 14.5 Å². The van der Waals surface area contributed by atoms with E-state index in [1.807, 2.05) is 4.90 Å². The number of hydrogen-bond donors (Lipinski definition) is 0. The van der Waals surface area contributed by atoms with Crippen molar-refractivity contribution in [3.8, 4) is 0 Å². The van der Waals surface area contributed by atoms with E-state index in [0.717, 1.165) is 37.6 Å². The van der Waals surface area contributed by atoms with Crippen LogP contribution in [0.3, 0.4) is 0 Å². The molecule has 0 spiro atoms. The van der Waals surface area contributed by atoms with Crippen molar-refractivity contribution < 1.29 is 9.53 Å². The number of anilines is 1. The molecule has 1 atom stereocenters. The van der Waals surface area contributed by atoms with Gasteiger partial charge in [0.1, 0.15) is 12.1 Å². The second-order valence-electron chi connectivity index (χ2n) is 6.52. The number of likely N-dealkylation sites (tertiary alicyclic amines) is 1. The fraction of sp³-hybridized carbons (Fsp3) is 0.706. The molecule has 3 heterocycles. The number of amides is 1. The number of carbonyl (C=O) groups is 1. The topological polar surface area (TPSA) is 58.6 Å². The molecule has 0 unspecified atom stereocenters. The Balaban J connectivity index is 1.59. The van der Waals surface area contributed by atoms with Crippen LogP contribution in [0.2, 0.25) is 0 Å². The summed E-state index contributed by atoms with van der Waals surface area (Å²) in [6, 6.07) is 2.10. The molecule has 0 aliphatic carbocycles. The molecule has 0 N–H and O–H groups in total. The van der Waals surface area contributed by atoms with Gasteiger partial charge in [0.25, 0.3) is 0 Å². The Morgan fingerprint density at radius 1 is 1.26 bits per heavy atom. The zero-order valence-corrected chi connectivity index (χ0v) is 13.9. The zero-order chi connectivity index (χ0) is 16.1. The van der Waals surface area contributed by atoms with Gasteiger partial charge in [0.2, 0.25) is 5.91 Å². The Morgan fingerprint density at radius 2 is 2.09 bits per heavy atom. The van der Waals surface area contributed by atoms with Gasteiger partial charge in [-0.2, -0.15) is 0 Å². The maximum Gasteiger partial charge on any atom is 0.223 e. The van der Waals surface area contributed by atoms with E-state index in [4.69, 9.17) is 4.74 Å². The Kier molecular flexibility index (Phi) is 5.43. The monoisotopic (exact) mass is 318 g/mol. The summed E-state index contributed by atoms with van der Waals surface area (Å²) in [5, 5.41) is 0. The third-order valence-corrected chi connectivity index (χ3v) is 4.75. The quantitative estimate of drug-likeness (QED) is 0.795. The van der Waals surface area contributed by atoms with Gasteiger partial charge in [-0.25, -0.2) is 9.97 Å². The number of piperidine rings is 1. The summed E-state index contributed by atoms with van der Waals surface area (Å²) in [5.74, 6) is 1.62. The lowest BCUT2D eigenvalue weighted by molar-refractivity contribution is -0.128. The van der Waals surface area contributed by atoms with Gasteiger partial charge in [-0.15, -0.1) is 0 Å². The van der Waals surface area contributed by atoms with Crippen molar-refractivity contribution in [1.82, 2.24) is 14.9 Å². The van der Waals surface area contributed by atoms with E-state index in [0.29, 0.717) is 25.5 Å². The van der Waals surface area contributed by atoms with Crippen molar-refractivity contribution in [2.24, 2.45) is 5.92 Å². The molecule has 1 aromatic heterocycles. The van der Waals surface area contributed by atoms with Crippen LogP contribution >= 0.6 is 0 Å². The SMILES string of the molecule is COCCN1C[C@H](Cc2cc(N3CCCCC3)ncn2)CC1=O. The highest BCUT2D eigenvalue weighted by Gasteiger charge is 2.29. The van der Waals surface area contributed by atoms with Crippen LogP contribution in [0.4, 0.5) is 5.82 Å². The lowest BCUT2D eigenvalue weighted by Crippen LogP contribution is -2.30. The fourth-order valence-corrected chi connectivity index (χ4v) is 3.50. The zero-order valence-electron chi connectivity index (χ0n) is 13.9. The molecule has 126 valence electrons. The molecule has 6 heteroatoms. The summed E-state index contributed by atoms with van der Waals surface area (Å²) in [6.07, 6.45) is 6.93. The van der Waals surface area contributed by atoms with E-state index in [-0.39, 0.29) is 5.91 Å². The smallest absolute Gasteiger partial charge is 0.223 e. The van der Waals surface area contributed by atoms with Crippen LogP contribution in [0, 0.1) is 5.92 Å². The Bertz CT molecular complexity index is 531. The normalized spacial score (nSPS) is 22.0. The Morgan fingerprint density at radius 3 is 2.87 bits per heavy atom. The largest absolute Gasteiger partial charge is 0.383 e. The number of rotatable bonds is 6. The summed E-state index contributed by atoms with van der Waals surface area (Å²) >= 11 is 0. The minimum atomic E-state index is 0.234. The van der Waals surface area contributed by atoms with E-state index in [1.165, 1.54) is 19.3 Å². The van der Waals surface area contributed by atoms with Crippen molar-refractivity contribution in [3.63, 3.8) is 0 Å². The summed E-state index contributed by atoms with van der Waals surface area (Å²) in [6.45, 7) is 4.28. The summed E-state index contributed by atoms with van der Waals surface area (Å²) < 4.78 is 5.07. The number of methoxy groups -OCH3 is 1. The molecule has 2 fully saturated rings. The first-order valence-corrected chi connectivity index (χ1v) is 8.59. The molecular formula is C17H26N4O2. The molecule has 1 aromatic rings. The number of aromatic nitrogens is 2. The van der Waals surface area contributed by atoms with Gasteiger partial charge in [0.15, 0.2) is 0 Å². The second kappa shape index (κ2) is 7.73. The first-order chi connectivity index (χ1) is 11.3. The average Bonchev–Trinajstić information content (AvgIpc) is 2.93. The van der Waals surface area contributed by atoms with Crippen molar-refractivity contribution >= 4 is 11.7 Å². The van der Waals surface area contributed by atoms with Gasteiger partial charge in [0, 0.05) is 51.5 Å². The molecule has 0 bridgehead atoms. The standard InChI is InChI=1S/C17H26N4O2/c1-23-8-7-21-12-14(10-17(21)22)9-15-11-16(19-13-18-15)20-5-3-2-4-6-20/h11,13-14H,2-10,12H2,1H3/t14-/m1/s1. The van der Waals surface area contributed by atoms with Crippen LogP contribution in [0.15, 0.2) is 12.4 Å². The first-order valence-electron chi connectivity index (χ1n) is 8.59. The molecule has 0 saturated carbocycles. The summed E-state index contributed by atoms with van der Waals surface area (Å²) in [4.78, 5) is 25.1. The highest BCUT2D eigenvalue weighted by Crippen LogP contribution is 2.23. The lowest BCUT2D eigenvalue weighted by Gasteiger charge is -2.27. The number of nitrogens with zero attached hydrogens (tertiary/aromatic N) is 4. The van der Waals surface area contributed by atoms with Crippen molar-refractivity contribution in [2.75, 3.05) is 44.8 Å².